The standard InChI is InChI=1S/C4H6O5.Na.4H2O/c5-2(4(8)9)1-3(6)7;;;;;/h2,5H,1H2,(H,6,7)(H,8,9);;4*1H2/q;+1;;;;/p-2. The SMILES string of the molecule is O.O.O.O.O=C([O-])CC(O)C(=O)[O-].[Na+]. The first-order valence-corrected chi connectivity index (χ1v) is 2.13. The van der Waals surface area contributed by atoms with Crippen molar-refractivity contribution in [1.82, 2.24) is 0 Å². The van der Waals surface area contributed by atoms with Crippen molar-refractivity contribution in [2.45, 2.75) is 12.5 Å². The van der Waals surface area contributed by atoms with E-state index in [0.717, 1.165) is 0 Å². The van der Waals surface area contributed by atoms with Crippen LogP contribution in [0.3, 0.4) is 0 Å². The third-order valence-corrected chi connectivity index (χ3v) is 0.632. The van der Waals surface area contributed by atoms with Gasteiger partial charge in [-0.05, 0) is 0 Å². The van der Waals surface area contributed by atoms with Gasteiger partial charge in [-0.15, -0.1) is 0 Å². The van der Waals surface area contributed by atoms with Gasteiger partial charge in [0.1, 0.15) is 0 Å². The quantitative estimate of drug-likeness (QED) is 0.461. The predicted molar refractivity (Wildman–Crippen MR) is 35.1 cm³/mol. The molecule has 0 amide bonds. The van der Waals surface area contributed by atoms with Gasteiger partial charge in [-0.3, -0.25) is 0 Å². The number of carbonyl (C=O) groups excluding carboxylic acids is 2. The topological polar surface area (TPSA) is 226 Å². The summed E-state index contributed by atoms with van der Waals surface area (Å²) in [5.74, 6) is -3.43. The summed E-state index contributed by atoms with van der Waals surface area (Å²) in [6.07, 6.45) is -2.89. The number of hydrogen-bond donors (Lipinski definition) is 1. The van der Waals surface area contributed by atoms with Gasteiger partial charge >= 0.3 is 29.6 Å². The van der Waals surface area contributed by atoms with Gasteiger partial charge in [-0.2, -0.15) is 0 Å². The van der Waals surface area contributed by atoms with Gasteiger partial charge in [-0.25, -0.2) is 0 Å². The van der Waals surface area contributed by atoms with Crippen molar-refractivity contribution in [3.63, 3.8) is 0 Å². The van der Waals surface area contributed by atoms with Crippen molar-refractivity contribution in [2.75, 3.05) is 0 Å². The van der Waals surface area contributed by atoms with Crippen molar-refractivity contribution in [3.05, 3.63) is 0 Å². The first-order valence-electron chi connectivity index (χ1n) is 2.13. The minimum absolute atomic E-state index is 0. The van der Waals surface area contributed by atoms with Crippen LogP contribution in [0.2, 0.25) is 0 Å². The van der Waals surface area contributed by atoms with Gasteiger partial charge in [0.2, 0.25) is 0 Å². The minimum Gasteiger partial charge on any atom is -0.550 e. The van der Waals surface area contributed by atoms with Crippen molar-refractivity contribution in [1.29, 1.82) is 0 Å². The zero-order valence-corrected chi connectivity index (χ0v) is 9.36. The molecule has 9 N–H and O–H groups in total. The molecule has 0 radical (unpaired) electrons. The second-order valence-electron chi connectivity index (χ2n) is 1.41. The Morgan fingerprint density at radius 1 is 1.07 bits per heavy atom. The number of carbonyl (C=O) groups is 2. The van der Waals surface area contributed by atoms with Crippen molar-refractivity contribution < 1.29 is 76.4 Å². The maximum atomic E-state index is 9.58. The van der Waals surface area contributed by atoms with Gasteiger partial charge in [0.15, 0.2) is 0 Å². The fourth-order valence-electron chi connectivity index (χ4n) is 0.241. The molecule has 0 rings (SSSR count). The summed E-state index contributed by atoms with van der Waals surface area (Å²) in [4.78, 5) is 19.1. The summed E-state index contributed by atoms with van der Waals surface area (Å²) >= 11 is 0. The Bertz CT molecular complexity index is 137. The maximum absolute atomic E-state index is 9.58. The van der Waals surface area contributed by atoms with E-state index in [0.29, 0.717) is 0 Å². The van der Waals surface area contributed by atoms with Gasteiger partial charge < -0.3 is 46.8 Å². The van der Waals surface area contributed by atoms with E-state index in [4.69, 9.17) is 5.11 Å². The number of aliphatic carboxylic acids is 2. The number of carboxylic acid groups (broad SMARTS) is 2. The molecule has 0 aromatic carbocycles. The average Bonchev–Trinajstić information content (AvgIpc) is 1.63. The van der Waals surface area contributed by atoms with Gasteiger partial charge in [0.25, 0.3) is 0 Å². The molecular weight excluding hydrogens is 215 g/mol. The van der Waals surface area contributed by atoms with Crippen molar-refractivity contribution in [2.24, 2.45) is 0 Å². The third kappa shape index (κ3) is 22.6. The Hall–Kier alpha value is -0.260. The van der Waals surface area contributed by atoms with Crippen LogP contribution in [-0.4, -0.2) is 45.1 Å². The summed E-state index contributed by atoms with van der Waals surface area (Å²) in [6, 6.07) is 0. The molecule has 0 aromatic heterocycles. The summed E-state index contributed by atoms with van der Waals surface area (Å²) in [7, 11) is 0. The van der Waals surface area contributed by atoms with Crippen molar-refractivity contribution in [3.8, 4) is 0 Å². The summed E-state index contributed by atoms with van der Waals surface area (Å²) in [5, 5.41) is 27.3. The zero-order chi connectivity index (χ0) is 7.44. The number of hydrogen-bond acceptors (Lipinski definition) is 5. The van der Waals surface area contributed by atoms with Crippen LogP contribution in [0.1, 0.15) is 6.42 Å². The predicted octanol–water partition coefficient (Wildman–Crippen LogP) is -10.1. The van der Waals surface area contributed by atoms with E-state index in [1.165, 1.54) is 0 Å². The first kappa shape index (κ1) is 37.2. The number of aliphatic hydroxyl groups is 1. The Morgan fingerprint density at radius 2 is 1.36 bits per heavy atom. The molecule has 0 spiro atoms. The Balaban J connectivity index is -0.0000000320. The molecule has 1 unspecified atom stereocenters. The second-order valence-corrected chi connectivity index (χ2v) is 1.41. The maximum Gasteiger partial charge on any atom is 1.00 e. The molecule has 14 heavy (non-hydrogen) atoms. The van der Waals surface area contributed by atoms with Crippen LogP contribution in [-0.2, 0) is 9.59 Å². The summed E-state index contributed by atoms with van der Waals surface area (Å²) in [6.45, 7) is 0. The molecule has 0 fully saturated rings. The zero-order valence-electron chi connectivity index (χ0n) is 7.36. The first-order chi connectivity index (χ1) is 4.04. The fourth-order valence-corrected chi connectivity index (χ4v) is 0.241. The van der Waals surface area contributed by atoms with Crippen LogP contribution in [0, 0.1) is 0 Å². The molecule has 0 heterocycles. The minimum atomic E-state index is -1.96. The van der Waals surface area contributed by atoms with E-state index in [1.54, 1.807) is 0 Å². The Kier molecular flexibility index (Phi) is 49.2. The molecule has 84 valence electrons. The number of aliphatic hydroxyl groups excluding tert-OH is 1. The molecule has 0 bridgehead atoms. The van der Waals surface area contributed by atoms with Crippen LogP contribution in [0.15, 0.2) is 0 Å². The van der Waals surface area contributed by atoms with E-state index in [9.17, 15) is 19.8 Å². The van der Waals surface area contributed by atoms with Gasteiger partial charge in [0.05, 0.1) is 12.1 Å². The Morgan fingerprint density at radius 3 is 1.43 bits per heavy atom. The molecule has 0 saturated carbocycles. The number of carboxylic acids is 2. The summed E-state index contributed by atoms with van der Waals surface area (Å²) in [5.41, 5.74) is 0. The van der Waals surface area contributed by atoms with E-state index >= 15 is 0 Å². The van der Waals surface area contributed by atoms with Gasteiger partial charge in [-0.1, -0.05) is 0 Å². The van der Waals surface area contributed by atoms with Crippen LogP contribution < -0.4 is 39.8 Å². The molecule has 0 saturated heterocycles. The Labute approximate surface area is 101 Å². The van der Waals surface area contributed by atoms with Crippen LogP contribution in [0.5, 0.6) is 0 Å². The molecule has 0 aromatic rings. The fraction of sp³-hybridized carbons (Fsp3) is 0.500. The average molecular weight is 227 g/mol. The van der Waals surface area contributed by atoms with Crippen LogP contribution >= 0.6 is 0 Å². The van der Waals surface area contributed by atoms with E-state index in [2.05, 4.69) is 0 Å². The van der Waals surface area contributed by atoms with E-state index in [1.807, 2.05) is 0 Å². The monoisotopic (exact) mass is 227 g/mol. The van der Waals surface area contributed by atoms with Crippen molar-refractivity contribution >= 4 is 11.9 Å². The normalized spacial score (nSPS) is 8.07. The molecular formula is C4H12NaO9-. The third-order valence-electron chi connectivity index (χ3n) is 0.632. The van der Waals surface area contributed by atoms with Crippen LogP contribution in [0.4, 0.5) is 0 Å². The second kappa shape index (κ2) is 18.5. The molecule has 0 aliphatic heterocycles. The smallest absolute Gasteiger partial charge is 0.550 e. The molecule has 0 aliphatic rings. The van der Waals surface area contributed by atoms with Crippen LogP contribution in [0.25, 0.3) is 0 Å². The molecule has 10 heteroatoms. The largest absolute Gasteiger partial charge is 1.00 e. The molecule has 0 aliphatic carbocycles. The van der Waals surface area contributed by atoms with E-state index < -0.39 is 24.5 Å². The molecule has 9 nitrogen and oxygen atoms in total. The number of rotatable bonds is 3. The summed E-state index contributed by atoms with van der Waals surface area (Å²) < 4.78 is 0. The molecule has 1 atom stereocenters. The van der Waals surface area contributed by atoms with E-state index in [-0.39, 0.29) is 51.5 Å². The van der Waals surface area contributed by atoms with Gasteiger partial charge in [0, 0.05) is 12.4 Å².